The van der Waals surface area contributed by atoms with Crippen molar-refractivity contribution in [3.05, 3.63) is 23.7 Å². The van der Waals surface area contributed by atoms with Gasteiger partial charge in [0.15, 0.2) is 0 Å². The summed E-state index contributed by atoms with van der Waals surface area (Å²) in [5.41, 5.74) is 0.510. The fourth-order valence-corrected chi connectivity index (χ4v) is 2.87. The van der Waals surface area contributed by atoms with E-state index in [1.165, 1.54) is 31.4 Å². The molecule has 0 spiro atoms. The smallest absolute Gasteiger partial charge is 0.117 e. The van der Waals surface area contributed by atoms with Crippen molar-refractivity contribution in [3.63, 3.8) is 0 Å². The Morgan fingerprint density at radius 2 is 2.21 bits per heavy atom. The van der Waals surface area contributed by atoms with Crippen LogP contribution in [0.3, 0.4) is 0 Å². The predicted octanol–water partition coefficient (Wildman–Crippen LogP) is 3.31. The molecule has 1 heterocycles. The molecule has 106 valence electrons. The number of furan rings is 1. The molecule has 2 saturated carbocycles. The first kappa shape index (κ1) is 13.2. The maximum atomic E-state index is 5.91. The van der Waals surface area contributed by atoms with E-state index in [1.807, 2.05) is 0 Å². The van der Waals surface area contributed by atoms with E-state index in [0.717, 1.165) is 31.4 Å². The number of methoxy groups -OCH3 is 1. The molecule has 0 saturated heterocycles. The van der Waals surface area contributed by atoms with Gasteiger partial charge in [-0.3, -0.25) is 0 Å². The quantitative estimate of drug-likeness (QED) is 0.781. The molecular weight excluding hydrogens is 238 g/mol. The molecule has 0 aliphatic heterocycles. The van der Waals surface area contributed by atoms with Crippen molar-refractivity contribution in [2.24, 2.45) is 11.3 Å². The van der Waals surface area contributed by atoms with Gasteiger partial charge in [0.2, 0.25) is 0 Å². The van der Waals surface area contributed by atoms with Crippen LogP contribution in [0.15, 0.2) is 16.5 Å². The summed E-state index contributed by atoms with van der Waals surface area (Å²) in [6, 6.07) is 4.28. The Morgan fingerprint density at radius 1 is 1.42 bits per heavy atom. The van der Waals surface area contributed by atoms with Crippen LogP contribution in [0.2, 0.25) is 0 Å². The first-order valence-electron chi connectivity index (χ1n) is 7.51. The summed E-state index contributed by atoms with van der Waals surface area (Å²) in [6.45, 7) is 5.12. The van der Waals surface area contributed by atoms with Gasteiger partial charge in [0.05, 0.1) is 6.54 Å². The normalized spacial score (nSPS) is 27.5. The molecule has 2 atom stereocenters. The number of nitrogens with one attached hydrogen (secondary N) is 1. The van der Waals surface area contributed by atoms with Crippen molar-refractivity contribution >= 4 is 0 Å². The second kappa shape index (κ2) is 5.29. The Balaban J connectivity index is 1.41. The van der Waals surface area contributed by atoms with Crippen molar-refractivity contribution in [1.29, 1.82) is 0 Å². The first-order valence-corrected chi connectivity index (χ1v) is 7.51. The highest BCUT2D eigenvalue weighted by atomic mass is 16.5. The Bertz CT molecular complexity index is 422. The lowest BCUT2D eigenvalue weighted by Crippen LogP contribution is -2.24. The Labute approximate surface area is 115 Å². The van der Waals surface area contributed by atoms with Crippen LogP contribution in [0.4, 0.5) is 0 Å². The zero-order valence-electron chi connectivity index (χ0n) is 12.1. The van der Waals surface area contributed by atoms with Crippen molar-refractivity contribution < 1.29 is 9.15 Å². The van der Waals surface area contributed by atoms with Gasteiger partial charge in [-0.1, -0.05) is 6.92 Å². The molecule has 1 aromatic rings. The molecule has 3 heteroatoms. The second-order valence-corrected chi connectivity index (χ2v) is 6.47. The second-order valence-electron chi connectivity index (χ2n) is 6.47. The van der Waals surface area contributed by atoms with E-state index in [0.29, 0.717) is 11.3 Å². The molecular formula is C16H25NO2. The van der Waals surface area contributed by atoms with E-state index in [2.05, 4.69) is 24.4 Å². The van der Waals surface area contributed by atoms with Crippen LogP contribution in [0.1, 0.15) is 50.0 Å². The number of ether oxygens (including phenoxy) is 1. The van der Waals surface area contributed by atoms with E-state index < -0.39 is 0 Å². The number of hydrogen-bond donors (Lipinski definition) is 1. The van der Waals surface area contributed by atoms with E-state index in [9.17, 15) is 0 Å². The molecule has 2 fully saturated rings. The maximum Gasteiger partial charge on any atom is 0.117 e. The van der Waals surface area contributed by atoms with Crippen LogP contribution in [-0.4, -0.2) is 20.3 Å². The number of rotatable bonds is 8. The minimum Gasteiger partial charge on any atom is -0.464 e. The summed E-state index contributed by atoms with van der Waals surface area (Å²) < 4.78 is 11.1. The van der Waals surface area contributed by atoms with Gasteiger partial charge in [-0.05, 0) is 49.1 Å². The van der Waals surface area contributed by atoms with Crippen LogP contribution >= 0.6 is 0 Å². The summed E-state index contributed by atoms with van der Waals surface area (Å²) in [4.78, 5) is 0. The third-order valence-electron chi connectivity index (χ3n) is 4.75. The Morgan fingerprint density at radius 3 is 2.84 bits per heavy atom. The average Bonchev–Trinajstić information content (AvgIpc) is 3.28. The third kappa shape index (κ3) is 3.21. The predicted molar refractivity (Wildman–Crippen MR) is 75.1 cm³/mol. The minimum absolute atomic E-state index is 0.510. The number of hydrogen-bond acceptors (Lipinski definition) is 3. The van der Waals surface area contributed by atoms with E-state index in [4.69, 9.17) is 9.15 Å². The summed E-state index contributed by atoms with van der Waals surface area (Å²) in [5.74, 6) is 3.77. The molecule has 19 heavy (non-hydrogen) atoms. The van der Waals surface area contributed by atoms with E-state index >= 15 is 0 Å². The van der Waals surface area contributed by atoms with Crippen molar-refractivity contribution in [1.82, 2.24) is 5.32 Å². The molecule has 2 aliphatic carbocycles. The monoisotopic (exact) mass is 263 g/mol. The molecule has 3 rings (SSSR count). The lowest BCUT2D eigenvalue weighted by molar-refractivity contribution is 0.171. The molecule has 0 radical (unpaired) electrons. The summed E-state index contributed by atoms with van der Waals surface area (Å²) in [7, 11) is 1.78. The SMILES string of the molecule is COCCC1(CNCc2ccc(C3CC3C)o2)CC1. The van der Waals surface area contributed by atoms with Crippen molar-refractivity contribution in [2.75, 3.05) is 20.3 Å². The summed E-state index contributed by atoms with van der Waals surface area (Å²) in [5, 5.41) is 3.55. The first-order chi connectivity index (χ1) is 9.22. The minimum atomic E-state index is 0.510. The molecule has 1 N–H and O–H groups in total. The van der Waals surface area contributed by atoms with Crippen LogP contribution in [0, 0.1) is 11.3 Å². The molecule has 0 bridgehead atoms. The third-order valence-corrected chi connectivity index (χ3v) is 4.75. The highest BCUT2D eigenvalue weighted by molar-refractivity contribution is 5.17. The summed E-state index contributed by atoms with van der Waals surface area (Å²) >= 11 is 0. The molecule has 0 aromatic carbocycles. The van der Waals surface area contributed by atoms with Gasteiger partial charge in [0, 0.05) is 26.2 Å². The Hall–Kier alpha value is -0.800. The van der Waals surface area contributed by atoms with Gasteiger partial charge in [0.1, 0.15) is 11.5 Å². The largest absolute Gasteiger partial charge is 0.464 e. The lowest BCUT2D eigenvalue weighted by atomic mass is 10.0. The molecule has 2 unspecified atom stereocenters. The molecule has 3 nitrogen and oxygen atoms in total. The average molecular weight is 263 g/mol. The topological polar surface area (TPSA) is 34.4 Å². The van der Waals surface area contributed by atoms with Crippen molar-refractivity contribution in [3.8, 4) is 0 Å². The maximum absolute atomic E-state index is 5.91. The fraction of sp³-hybridized carbons (Fsp3) is 0.750. The zero-order valence-corrected chi connectivity index (χ0v) is 12.1. The lowest BCUT2D eigenvalue weighted by Gasteiger charge is -2.14. The highest BCUT2D eigenvalue weighted by Gasteiger charge is 2.41. The van der Waals surface area contributed by atoms with Crippen LogP contribution in [-0.2, 0) is 11.3 Å². The molecule has 1 aromatic heterocycles. The van der Waals surface area contributed by atoms with Crippen LogP contribution in [0.25, 0.3) is 0 Å². The Kier molecular flexibility index (Phi) is 3.68. The standard InChI is InChI=1S/C16H25NO2/c1-12-9-14(12)15-4-3-13(19-15)10-17-11-16(5-6-16)7-8-18-2/h3-4,12,14,17H,5-11H2,1-2H3. The van der Waals surface area contributed by atoms with Gasteiger partial charge in [0.25, 0.3) is 0 Å². The van der Waals surface area contributed by atoms with Gasteiger partial charge in [-0.15, -0.1) is 0 Å². The van der Waals surface area contributed by atoms with Crippen LogP contribution in [0.5, 0.6) is 0 Å². The molecule has 2 aliphatic rings. The van der Waals surface area contributed by atoms with Crippen molar-refractivity contribution in [2.45, 2.75) is 45.1 Å². The highest BCUT2D eigenvalue weighted by Crippen LogP contribution is 2.48. The molecule has 0 amide bonds. The van der Waals surface area contributed by atoms with Gasteiger partial charge >= 0.3 is 0 Å². The fourth-order valence-electron chi connectivity index (χ4n) is 2.87. The van der Waals surface area contributed by atoms with Gasteiger partial charge in [-0.25, -0.2) is 0 Å². The van der Waals surface area contributed by atoms with Gasteiger partial charge < -0.3 is 14.5 Å². The summed E-state index contributed by atoms with van der Waals surface area (Å²) in [6.07, 6.45) is 5.15. The van der Waals surface area contributed by atoms with Gasteiger partial charge in [-0.2, -0.15) is 0 Å². The van der Waals surface area contributed by atoms with E-state index in [1.54, 1.807) is 7.11 Å². The van der Waals surface area contributed by atoms with E-state index in [-0.39, 0.29) is 0 Å². The zero-order chi connectivity index (χ0) is 13.3. The van der Waals surface area contributed by atoms with Crippen LogP contribution < -0.4 is 5.32 Å².